The molecule has 0 aromatic rings. The van der Waals surface area contributed by atoms with Crippen LogP contribution in [-0.2, 0) is 0 Å². The van der Waals surface area contributed by atoms with E-state index in [0.29, 0.717) is 6.04 Å². The fourth-order valence-corrected chi connectivity index (χ4v) is 0.704. The van der Waals surface area contributed by atoms with Crippen LogP contribution in [0.3, 0.4) is 0 Å². The van der Waals surface area contributed by atoms with Gasteiger partial charge in [-0.15, -0.1) is 0 Å². The minimum atomic E-state index is 0.605. The minimum absolute atomic E-state index is 0.605. The summed E-state index contributed by atoms with van der Waals surface area (Å²) >= 11 is 0. The molecule has 0 aliphatic rings. The molecule has 2 nitrogen and oxygen atoms in total. The molecule has 2 heteroatoms. The molecule has 0 atom stereocenters. The Bertz CT molecular complexity index is 75.0. The number of nitrogens with zero attached hydrogens (tertiary/aromatic N) is 1. The lowest BCUT2D eigenvalue weighted by Crippen LogP contribution is -2.25. The number of hydrogen-bond acceptors (Lipinski definition) is 1. The van der Waals surface area contributed by atoms with Gasteiger partial charge in [0.15, 0.2) is 0 Å². The smallest absolute Gasteiger partial charge is 0.0822 e. The Kier molecular flexibility index (Phi) is 5.27. The van der Waals surface area contributed by atoms with Crippen LogP contribution >= 0.6 is 0 Å². The van der Waals surface area contributed by atoms with E-state index in [2.05, 4.69) is 24.2 Å². The van der Waals surface area contributed by atoms with Crippen molar-refractivity contribution in [3.05, 3.63) is 0 Å². The second-order valence-corrected chi connectivity index (χ2v) is 2.07. The highest BCUT2D eigenvalue weighted by atomic mass is 14.9. The fraction of sp³-hybridized carbons (Fsp3) is 0.857. The van der Waals surface area contributed by atoms with Crippen molar-refractivity contribution in [2.75, 3.05) is 7.05 Å². The van der Waals surface area contributed by atoms with Gasteiger partial charge in [-0.1, -0.05) is 13.8 Å². The molecule has 0 unspecified atom stereocenters. The average Bonchev–Trinajstić information content (AvgIpc) is 1.91. The van der Waals surface area contributed by atoms with Gasteiger partial charge in [-0.2, -0.15) is 0 Å². The first kappa shape index (κ1) is 8.47. The molecule has 0 aromatic carbocycles. The topological polar surface area (TPSA) is 24.4 Å². The van der Waals surface area contributed by atoms with Crippen molar-refractivity contribution in [3.8, 4) is 0 Å². The van der Waals surface area contributed by atoms with E-state index in [4.69, 9.17) is 0 Å². The predicted molar refractivity (Wildman–Crippen MR) is 41.9 cm³/mol. The quantitative estimate of drug-likeness (QED) is 0.449. The third-order valence-corrected chi connectivity index (χ3v) is 1.42. The van der Waals surface area contributed by atoms with Crippen LogP contribution in [0.2, 0.25) is 0 Å². The maximum absolute atomic E-state index is 3.84. The summed E-state index contributed by atoms with van der Waals surface area (Å²) in [6.45, 7) is 4.34. The summed E-state index contributed by atoms with van der Waals surface area (Å²) in [6.07, 6.45) is 4.10. The number of rotatable bonds is 4. The third-order valence-electron chi connectivity index (χ3n) is 1.42. The van der Waals surface area contributed by atoms with Gasteiger partial charge >= 0.3 is 0 Å². The van der Waals surface area contributed by atoms with Crippen molar-refractivity contribution in [1.82, 2.24) is 5.32 Å². The Morgan fingerprint density at radius 2 is 2.00 bits per heavy atom. The van der Waals surface area contributed by atoms with Gasteiger partial charge in [-0.25, -0.2) is 0 Å². The first-order valence-corrected chi connectivity index (χ1v) is 3.51. The van der Waals surface area contributed by atoms with Crippen molar-refractivity contribution in [2.24, 2.45) is 4.99 Å². The van der Waals surface area contributed by atoms with Crippen molar-refractivity contribution < 1.29 is 0 Å². The lowest BCUT2D eigenvalue weighted by atomic mass is 10.2. The van der Waals surface area contributed by atoms with Gasteiger partial charge in [0, 0.05) is 13.1 Å². The van der Waals surface area contributed by atoms with Crippen molar-refractivity contribution in [3.63, 3.8) is 0 Å². The molecule has 0 amide bonds. The molecule has 0 fully saturated rings. The minimum Gasteiger partial charge on any atom is -0.374 e. The highest BCUT2D eigenvalue weighted by Crippen LogP contribution is 1.93. The zero-order chi connectivity index (χ0) is 7.11. The summed E-state index contributed by atoms with van der Waals surface area (Å²) in [7, 11) is 1.77. The second-order valence-electron chi connectivity index (χ2n) is 2.07. The number of nitrogens with one attached hydrogen (secondary N) is 1. The molecule has 54 valence electrons. The van der Waals surface area contributed by atoms with E-state index in [0.717, 1.165) is 0 Å². The molecule has 0 heterocycles. The normalized spacial score (nSPS) is 11.1. The largest absolute Gasteiger partial charge is 0.374 e. The Morgan fingerprint density at radius 3 is 2.33 bits per heavy atom. The highest BCUT2D eigenvalue weighted by Gasteiger charge is 1.96. The van der Waals surface area contributed by atoms with E-state index in [9.17, 15) is 0 Å². The van der Waals surface area contributed by atoms with Crippen molar-refractivity contribution >= 4 is 6.34 Å². The van der Waals surface area contributed by atoms with Crippen LogP contribution in [0.1, 0.15) is 26.7 Å². The van der Waals surface area contributed by atoms with Gasteiger partial charge in [0.2, 0.25) is 0 Å². The van der Waals surface area contributed by atoms with Crippen LogP contribution in [0.15, 0.2) is 4.99 Å². The van der Waals surface area contributed by atoms with Crippen LogP contribution in [-0.4, -0.2) is 19.4 Å². The van der Waals surface area contributed by atoms with Crippen LogP contribution in [0, 0.1) is 0 Å². The first-order valence-electron chi connectivity index (χ1n) is 3.51. The van der Waals surface area contributed by atoms with E-state index in [1.165, 1.54) is 12.8 Å². The maximum atomic E-state index is 3.84. The molecule has 9 heavy (non-hydrogen) atoms. The molecule has 0 bridgehead atoms. The van der Waals surface area contributed by atoms with Crippen LogP contribution in [0.25, 0.3) is 0 Å². The summed E-state index contributed by atoms with van der Waals surface area (Å²) in [5.74, 6) is 0. The molecule has 0 saturated heterocycles. The Labute approximate surface area is 57.4 Å². The Balaban J connectivity index is 3.31. The van der Waals surface area contributed by atoms with Gasteiger partial charge in [-0.05, 0) is 12.8 Å². The zero-order valence-electron chi connectivity index (χ0n) is 6.52. The van der Waals surface area contributed by atoms with E-state index in [-0.39, 0.29) is 0 Å². The Hall–Kier alpha value is -0.530. The third kappa shape index (κ3) is 4.01. The van der Waals surface area contributed by atoms with Gasteiger partial charge < -0.3 is 5.32 Å². The molecule has 0 aliphatic carbocycles. The average molecular weight is 128 g/mol. The molecule has 1 N–H and O–H groups in total. The summed E-state index contributed by atoms with van der Waals surface area (Å²) in [6, 6.07) is 0.605. The van der Waals surface area contributed by atoms with E-state index in [1.807, 2.05) is 0 Å². The summed E-state index contributed by atoms with van der Waals surface area (Å²) in [5.41, 5.74) is 0. The summed E-state index contributed by atoms with van der Waals surface area (Å²) < 4.78 is 0. The van der Waals surface area contributed by atoms with Crippen LogP contribution in [0.5, 0.6) is 0 Å². The van der Waals surface area contributed by atoms with Gasteiger partial charge in [-0.3, -0.25) is 4.99 Å². The Morgan fingerprint density at radius 1 is 1.44 bits per heavy atom. The second kappa shape index (κ2) is 5.60. The maximum Gasteiger partial charge on any atom is 0.0822 e. The molecule has 0 aliphatic heterocycles. The number of aliphatic imine (C=N–C) groups is 1. The molecule has 0 spiro atoms. The molecular weight excluding hydrogens is 112 g/mol. The molecular formula is C7H16N2. The molecule has 0 saturated carbocycles. The lowest BCUT2D eigenvalue weighted by molar-refractivity contribution is 0.575. The SMILES string of the molecule is CCC(CC)N/C=N\C. The van der Waals surface area contributed by atoms with E-state index >= 15 is 0 Å². The van der Waals surface area contributed by atoms with Crippen molar-refractivity contribution in [1.29, 1.82) is 0 Å². The van der Waals surface area contributed by atoms with Gasteiger partial charge in [0.05, 0.1) is 6.34 Å². The standard InChI is InChI=1S/C7H16N2/c1-4-7(5-2)9-6-8-3/h6-7H,4-5H2,1-3H3,(H,8,9). The lowest BCUT2D eigenvalue weighted by Gasteiger charge is -2.10. The first-order chi connectivity index (χ1) is 4.35. The number of hydrogen-bond donors (Lipinski definition) is 1. The van der Waals surface area contributed by atoms with E-state index < -0.39 is 0 Å². The predicted octanol–water partition coefficient (Wildman–Crippen LogP) is 1.42. The summed E-state index contributed by atoms with van der Waals surface area (Å²) in [4.78, 5) is 3.84. The van der Waals surface area contributed by atoms with Crippen molar-refractivity contribution in [2.45, 2.75) is 32.7 Å². The molecule has 0 rings (SSSR count). The van der Waals surface area contributed by atoms with Crippen LogP contribution in [0.4, 0.5) is 0 Å². The fourth-order valence-electron chi connectivity index (χ4n) is 0.704. The molecule has 0 radical (unpaired) electrons. The monoisotopic (exact) mass is 128 g/mol. The molecule has 0 aromatic heterocycles. The highest BCUT2D eigenvalue weighted by molar-refractivity contribution is 5.54. The summed E-state index contributed by atoms with van der Waals surface area (Å²) in [5, 5.41) is 3.18. The van der Waals surface area contributed by atoms with E-state index in [1.54, 1.807) is 13.4 Å². The zero-order valence-corrected chi connectivity index (χ0v) is 6.52. The van der Waals surface area contributed by atoms with Crippen LogP contribution < -0.4 is 5.32 Å². The van der Waals surface area contributed by atoms with Gasteiger partial charge in [0.1, 0.15) is 0 Å². The van der Waals surface area contributed by atoms with Gasteiger partial charge in [0.25, 0.3) is 0 Å².